The molecule has 1 aromatic carbocycles. The molecular weight excluding hydrogens is 484 g/mol. The standard InChI is InChI=1S/C21H36FN5O.HI/c1-4-26-11-13-27(14-12-26)20-9-8-18(16-19(20)22)17-25-21(23-3)24-10-6-7-15-28-5-2;/h8-9,16H,4-7,10-15,17H2,1-3H3,(H2,23,24,25);1H. The van der Waals surface area contributed by atoms with Crippen molar-refractivity contribution >= 4 is 35.6 Å². The number of aliphatic imine (C=N–C) groups is 1. The van der Waals surface area contributed by atoms with Crippen molar-refractivity contribution < 1.29 is 9.13 Å². The molecule has 0 aliphatic carbocycles. The minimum Gasteiger partial charge on any atom is -0.382 e. The maximum atomic E-state index is 14.6. The van der Waals surface area contributed by atoms with Gasteiger partial charge in [-0.3, -0.25) is 4.99 Å². The first kappa shape index (κ1) is 25.9. The quantitative estimate of drug-likeness (QED) is 0.215. The second-order valence-electron chi connectivity index (χ2n) is 6.96. The van der Waals surface area contributed by atoms with Crippen LogP contribution >= 0.6 is 24.0 Å². The summed E-state index contributed by atoms with van der Waals surface area (Å²) in [5, 5.41) is 6.53. The summed E-state index contributed by atoms with van der Waals surface area (Å²) in [5.41, 5.74) is 1.61. The largest absolute Gasteiger partial charge is 0.382 e. The van der Waals surface area contributed by atoms with E-state index in [0.717, 1.165) is 76.8 Å². The summed E-state index contributed by atoms with van der Waals surface area (Å²) < 4.78 is 20.0. The highest BCUT2D eigenvalue weighted by molar-refractivity contribution is 14.0. The molecule has 0 unspecified atom stereocenters. The maximum Gasteiger partial charge on any atom is 0.191 e. The normalized spacial score (nSPS) is 15.2. The van der Waals surface area contributed by atoms with Gasteiger partial charge in [-0.2, -0.15) is 0 Å². The smallest absolute Gasteiger partial charge is 0.191 e. The number of piperazine rings is 1. The van der Waals surface area contributed by atoms with E-state index in [1.807, 2.05) is 19.1 Å². The Bertz CT molecular complexity index is 609. The maximum absolute atomic E-state index is 14.6. The number of halogens is 2. The zero-order valence-electron chi connectivity index (χ0n) is 18.0. The number of rotatable bonds is 10. The van der Waals surface area contributed by atoms with Gasteiger partial charge in [0, 0.05) is 59.5 Å². The molecule has 1 fully saturated rings. The number of likely N-dealkylation sites (N-methyl/N-ethyl adjacent to an activating group) is 1. The van der Waals surface area contributed by atoms with Crippen molar-refractivity contribution in [3.8, 4) is 0 Å². The molecule has 8 heteroatoms. The lowest BCUT2D eigenvalue weighted by atomic mass is 10.1. The van der Waals surface area contributed by atoms with Crippen LogP contribution in [0.5, 0.6) is 0 Å². The number of benzene rings is 1. The average molecular weight is 521 g/mol. The molecule has 6 nitrogen and oxygen atoms in total. The van der Waals surface area contributed by atoms with Gasteiger partial charge in [0.25, 0.3) is 0 Å². The van der Waals surface area contributed by atoms with E-state index in [-0.39, 0.29) is 29.8 Å². The van der Waals surface area contributed by atoms with Crippen LogP contribution in [0.1, 0.15) is 32.3 Å². The fraction of sp³-hybridized carbons (Fsp3) is 0.667. The van der Waals surface area contributed by atoms with E-state index in [1.165, 1.54) is 0 Å². The van der Waals surface area contributed by atoms with E-state index in [1.54, 1.807) is 13.1 Å². The van der Waals surface area contributed by atoms with Crippen molar-refractivity contribution in [3.05, 3.63) is 29.6 Å². The fourth-order valence-electron chi connectivity index (χ4n) is 3.31. The topological polar surface area (TPSA) is 52.1 Å². The van der Waals surface area contributed by atoms with Crippen LogP contribution in [-0.4, -0.2) is 70.4 Å². The number of unbranched alkanes of at least 4 members (excludes halogenated alkanes) is 1. The minimum atomic E-state index is -0.150. The molecule has 0 bridgehead atoms. The molecule has 0 atom stereocenters. The molecule has 1 saturated heterocycles. The summed E-state index contributed by atoms with van der Waals surface area (Å²) in [6.45, 7) is 11.9. The highest BCUT2D eigenvalue weighted by Gasteiger charge is 2.18. The predicted octanol–water partition coefficient (Wildman–Crippen LogP) is 3.07. The van der Waals surface area contributed by atoms with Gasteiger partial charge < -0.3 is 25.2 Å². The van der Waals surface area contributed by atoms with Crippen molar-refractivity contribution in [2.24, 2.45) is 4.99 Å². The molecule has 1 aliphatic heterocycles. The Morgan fingerprint density at radius 2 is 1.90 bits per heavy atom. The molecule has 2 rings (SSSR count). The first-order chi connectivity index (χ1) is 13.7. The Morgan fingerprint density at radius 1 is 1.14 bits per heavy atom. The van der Waals surface area contributed by atoms with Gasteiger partial charge >= 0.3 is 0 Å². The van der Waals surface area contributed by atoms with E-state index in [9.17, 15) is 4.39 Å². The molecule has 1 aromatic rings. The number of anilines is 1. The predicted molar refractivity (Wildman–Crippen MR) is 130 cm³/mol. The Morgan fingerprint density at radius 3 is 2.52 bits per heavy atom. The summed E-state index contributed by atoms with van der Waals surface area (Å²) in [6.07, 6.45) is 2.05. The first-order valence-corrected chi connectivity index (χ1v) is 10.5. The van der Waals surface area contributed by atoms with Gasteiger partial charge in [0.15, 0.2) is 5.96 Å². The van der Waals surface area contributed by atoms with Crippen LogP contribution in [0.4, 0.5) is 10.1 Å². The lowest BCUT2D eigenvalue weighted by Crippen LogP contribution is -2.46. The molecule has 1 heterocycles. The Kier molecular flexibility index (Phi) is 13.2. The molecule has 29 heavy (non-hydrogen) atoms. The molecule has 0 spiro atoms. The molecule has 0 aromatic heterocycles. The van der Waals surface area contributed by atoms with Crippen molar-refractivity contribution in [3.63, 3.8) is 0 Å². The van der Waals surface area contributed by atoms with Crippen LogP contribution in [-0.2, 0) is 11.3 Å². The third kappa shape index (κ3) is 9.04. The average Bonchev–Trinajstić information content (AvgIpc) is 2.73. The highest BCUT2D eigenvalue weighted by Crippen LogP contribution is 2.22. The number of hydrogen-bond acceptors (Lipinski definition) is 4. The SMILES string of the molecule is CCOCCCCNC(=NC)NCc1ccc(N2CCN(CC)CC2)c(F)c1.I. The van der Waals surface area contributed by atoms with E-state index >= 15 is 0 Å². The van der Waals surface area contributed by atoms with E-state index < -0.39 is 0 Å². The summed E-state index contributed by atoms with van der Waals surface area (Å²) in [4.78, 5) is 8.75. The van der Waals surface area contributed by atoms with Gasteiger partial charge in [-0.1, -0.05) is 13.0 Å². The number of nitrogens with one attached hydrogen (secondary N) is 2. The Balaban J connectivity index is 0.00000420. The van der Waals surface area contributed by atoms with Gasteiger partial charge in [-0.15, -0.1) is 24.0 Å². The lowest BCUT2D eigenvalue weighted by molar-refractivity contribution is 0.143. The molecule has 0 amide bonds. The van der Waals surface area contributed by atoms with Gasteiger partial charge in [-0.05, 0) is 44.0 Å². The zero-order chi connectivity index (χ0) is 20.2. The van der Waals surface area contributed by atoms with Crippen LogP contribution in [0.3, 0.4) is 0 Å². The van der Waals surface area contributed by atoms with Crippen LogP contribution < -0.4 is 15.5 Å². The molecule has 0 saturated carbocycles. The highest BCUT2D eigenvalue weighted by atomic mass is 127. The van der Waals surface area contributed by atoms with Crippen LogP contribution in [0.25, 0.3) is 0 Å². The van der Waals surface area contributed by atoms with Crippen molar-refractivity contribution in [2.75, 3.05) is 64.4 Å². The Hall–Kier alpha value is -1.13. The van der Waals surface area contributed by atoms with Gasteiger partial charge in [0.2, 0.25) is 0 Å². The second kappa shape index (κ2) is 14.8. The van der Waals surface area contributed by atoms with Gasteiger partial charge in [0.1, 0.15) is 5.82 Å². The van der Waals surface area contributed by atoms with Crippen LogP contribution in [0, 0.1) is 5.82 Å². The molecule has 166 valence electrons. The fourth-order valence-corrected chi connectivity index (χ4v) is 3.31. The number of nitrogens with zero attached hydrogens (tertiary/aromatic N) is 3. The molecule has 1 aliphatic rings. The van der Waals surface area contributed by atoms with E-state index in [0.29, 0.717) is 12.2 Å². The number of guanidine groups is 1. The summed E-state index contributed by atoms with van der Waals surface area (Å²) in [5.74, 6) is 0.583. The van der Waals surface area contributed by atoms with Crippen LogP contribution in [0.15, 0.2) is 23.2 Å². The van der Waals surface area contributed by atoms with Crippen molar-refractivity contribution in [1.82, 2.24) is 15.5 Å². The minimum absolute atomic E-state index is 0. The van der Waals surface area contributed by atoms with Crippen molar-refractivity contribution in [1.29, 1.82) is 0 Å². The number of hydrogen-bond donors (Lipinski definition) is 2. The first-order valence-electron chi connectivity index (χ1n) is 10.5. The summed E-state index contributed by atoms with van der Waals surface area (Å²) in [7, 11) is 1.75. The van der Waals surface area contributed by atoms with E-state index in [2.05, 4.69) is 32.3 Å². The Labute approximate surface area is 192 Å². The second-order valence-corrected chi connectivity index (χ2v) is 6.96. The lowest BCUT2D eigenvalue weighted by Gasteiger charge is -2.35. The molecular formula is C21H37FIN5O. The van der Waals surface area contributed by atoms with Gasteiger partial charge in [-0.25, -0.2) is 4.39 Å². The third-order valence-corrected chi connectivity index (χ3v) is 5.07. The monoisotopic (exact) mass is 521 g/mol. The number of ether oxygens (including phenoxy) is 1. The van der Waals surface area contributed by atoms with Crippen molar-refractivity contribution in [2.45, 2.75) is 33.2 Å². The summed E-state index contributed by atoms with van der Waals surface area (Å²) in [6, 6.07) is 5.52. The third-order valence-electron chi connectivity index (χ3n) is 5.07. The molecule has 0 radical (unpaired) electrons. The van der Waals surface area contributed by atoms with Crippen LogP contribution in [0.2, 0.25) is 0 Å². The van der Waals surface area contributed by atoms with Gasteiger partial charge in [0.05, 0.1) is 5.69 Å². The summed E-state index contributed by atoms with van der Waals surface area (Å²) >= 11 is 0. The zero-order valence-corrected chi connectivity index (χ0v) is 20.4. The van der Waals surface area contributed by atoms with E-state index in [4.69, 9.17) is 4.74 Å². The molecule has 2 N–H and O–H groups in total.